The third-order valence-corrected chi connectivity index (χ3v) is 6.33. The van der Waals surface area contributed by atoms with Crippen LogP contribution in [0.2, 0.25) is 0 Å². The third-order valence-electron chi connectivity index (χ3n) is 6.33. The van der Waals surface area contributed by atoms with E-state index >= 15 is 0 Å². The van der Waals surface area contributed by atoms with E-state index in [0.717, 1.165) is 22.3 Å². The minimum atomic E-state index is -0.620. The lowest BCUT2D eigenvalue weighted by molar-refractivity contribution is -0.141. The Morgan fingerprint density at radius 3 is 2.13 bits per heavy atom. The van der Waals surface area contributed by atoms with Crippen LogP contribution in [0.25, 0.3) is 0 Å². The topological polar surface area (TPSA) is 67.9 Å². The summed E-state index contributed by atoms with van der Waals surface area (Å²) in [5.41, 5.74) is 4.14. The van der Waals surface area contributed by atoms with Gasteiger partial charge in [-0.05, 0) is 62.9 Å². The Morgan fingerprint density at radius 2 is 1.47 bits per heavy atom. The van der Waals surface area contributed by atoms with Gasteiger partial charge in [0.2, 0.25) is 11.8 Å². The van der Waals surface area contributed by atoms with Crippen molar-refractivity contribution in [3.63, 3.8) is 0 Å². The first kappa shape index (κ1) is 28.8. The molecule has 6 nitrogen and oxygen atoms in total. The Labute approximate surface area is 227 Å². The zero-order valence-corrected chi connectivity index (χ0v) is 23.0. The summed E-state index contributed by atoms with van der Waals surface area (Å²) in [5, 5.41) is 2.95. The number of aryl methyl sites for hydroxylation is 2. The number of benzene rings is 3. The molecule has 1 N–H and O–H groups in total. The molecule has 0 fully saturated rings. The van der Waals surface area contributed by atoms with Gasteiger partial charge >= 0.3 is 0 Å². The summed E-state index contributed by atoms with van der Waals surface area (Å²) in [7, 11) is 0. The van der Waals surface area contributed by atoms with Crippen LogP contribution < -0.4 is 14.8 Å². The minimum absolute atomic E-state index is 0.0652. The number of amides is 2. The van der Waals surface area contributed by atoms with Crippen molar-refractivity contribution in [2.75, 3.05) is 19.8 Å². The van der Waals surface area contributed by atoms with Crippen LogP contribution >= 0.6 is 0 Å². The van der Waals surface area contributed by atoms with Crippen LogP contribution in [-0.4, -0.2) is 42.5 Å². The van der Waals surface area contributed by atoms with Crippen LogP contribution in [0.4, 0.5) is 0 Å². The summed E-state index contributed by atoms with van der Waals surface area (Å²) < 4.78 is 11.4. The van der Waals surface area contributed by atoms with Crippen molar-refractivity contribution in [1.82, 2.24) is 10.2 Å². The highest BCUT2D eigenvalue weighted by Crippen LogP contribution is 2.29. The van der Waals surface area contributed by atoms with Gasteiger partial charge in [-0.1, -0.05) is 66.2 Å². The first-order valence-corrected chi connectivity index (χ1v) is 13.5. The van der Waals surface area contributed by atoms with Crippen LogP contribution in [0.3, 0.4) is 0 Å². The number of nitrogens with one attached hydrogen (secondary N) is 1. The summed E-state index contributed by atoms with van der Waals surface area (Å²) in [5.74, 6) is 1.17. The summed E-state index contributed by atoms with van der Waals surface area (Å²) in [4.78, 5) is 28.8. The third kappa shape index (κ3) is 8.37. The highest BCUT2D eigenvalue weighted by atomic mass is 16.5. The summed E-state index contributed by atoms with van der Waals surface area (Å²) in [6, 6.07) is 23.2. The molecule has 3 rings (SSSR count). The first-order chi connectivity index (χ1) is 18.4. The maximum atomic E-state index is 13.8. The largest absolute Gasteiger partial charge is 0.490 e. The monoisotopic (exact) mass is 516 g/mol. The molecule has 0 spiro atoms. The van der Waals surface area contributed by atoms with E-state index in [9.17, 15) is 9.59 Å². The number of rotatable bonds is 14. The fourth-order valence-electron chi connectivity index (χ4n) is 4.38. The predicted molar refractivity (Wildman–Crippen MR) is 151 cm³/mol. The van der Waals surface area contributed by atoms with Crippen molar-refractivity contribution in [3.8, 4) is 11.5 Å². The van der Waals surface area contributed by atoms with E-state index in [1.165, 1.54) is 0 Å². The average Bonchev–Trinajstić information content (AvgIpc) is 2.92. The Kier molecular flexibility index (Phi) is 11.2. The van der Waals surface area contributed by atoms with E-state index in [-0.39, 0.29) is 18.2 Å². The molecule has 1 atom stereocenters. The zero-order chi connectivity index (χ0) is 27.3. The molecule has 0 aliphatic rings. The van der Waals surface area contributed by atoms with Crippen LogP contribution in [0.5, 0.6) is 11.5 Å². The highest BCUT2D eigenvalue weighted by Gasteiger charge is 2.30. The summed E-state index contributed by atoms with van der Waals surface area (Å²) >= 11 is 0. The van der Waals surface area contributed by atoms with Crippen LogP contribution in [-0.2, 0) is 29.0 Å². The molecule has 2 amide bonds. The summed E-state index contributed by atoms with van der Waals surface area (Å²) in [6.07, 6.45) is 1.25. The molecular weight excluding hydrogens is 476 g/mol. The number of hydrogen-bond acceptors (Lipinski definition) is 4. The molecule has 0 aliphatic carbocycles. The second-order valence-electron chi connectivity index (χ2n) is 9.25. The summed E-state index contributed by atoms with van der Waals surface area (Å²) in [6.45, 7) is 9.74. The van der Waals surface area contributed by atoms with E-state index in [1.807, 2.05) is 100 Å². The van der Waals surface area contributed by atoms with E-state index in [4.69, 9.17) is 9.47 Å². The van der Waals surface area contributed by atoms with Crippen molar-refractivity contribution in [2.24, 2.45) is 0 Å². The molecular formula is C32H40N2O4. The zero-order valence-electron chi connectivity index (χ0n) is 23.0. The molecule has 0 heterocycles. The molecule has 0 saturated heterocycles. The maximum Gasteiger partial charge on any atom is 0.243 e. The Bertz CT molecular complexity index is 1160. The van der Waals surface area contributed by atoms with E-state index < -0.39 is 6.04 Å². The van der Waals surface area contributed by atoms with Gasteiger partial charge in [-0.3, -0.25) is 9.59 Å². The smallest absolute Gasteiger partial charge is 0.243 e. The van der Waals surface area contributed by atoms with Crippen molar-refractivity contribution in [1.29, 1.82) is 0 Å². The van der Waals surface area contributed by atoms with Gasteiger partial charge in [0.25, 0.3) is 0 Å². The van der Waals surface area contributed by atoms with Gasteiger partial charge in [-0.25, -0.2) is 0 Å². The first-order valence-electron chi connectivity index (χ1n) is 13.5. The highest BCUT2D eigenvalue weighted by molar-refractivity contribution is 5.88. The maximum absolute atomic E-state index is 13.8. The lowest BCUT2D eigenvalue weighted by atomic mass is 10.0. The molecule has 0 aliphatic heterocycles. The van der Waals surface area contributed by atoms with Crippen LogP contribution in [0.1, 0.15) is 49.4 Å². The van der Waals surface area contributed by atoms with Gasteiger partial charge in [0.1, 0.15) is 6.04 Å². The Balaban J connectivity index is 1.87. The van der Waals surface area contributed by atoms with Crippen LogP contribution in [0, 0.1) is 6.92 Å². The van der Waals surface area contributed by atoms with Crippen molar-refractivity contribution in [2.45, 2.75) is 59.5 Å². The fraction of sp³-hybridized carbons (Fsp3) is 0.375. The molecule has 3 aromatic carbocycles. The number of ether oxygens (including phenoxy) is 2. The second kappa shape index (κ2) is 14.8. The van der Waals surface area contributed by atoms with Crippen molar-refractivity contribution in [3.05, 3.63) is 95.1 Å². The quantitative estimate of drug-likeness (QED) is 0.307. The molecule has 202 valence electrons. The van der Waals surface area contributed by atoms with Crippen LogP contribution in [0.15, 0.2) is 72.8 Å². The van der Waals surface area contributed by atoms with Gasteiger partial charge in [-0.2, -0.15) is 0 Å². The number of likely N-dealkylation sites (N-methyl/N-ethyl adjacent to an activating group) is 1. The number of carbonyl (C=O) groups is 2. The minimum Gasteiger partial charge on any atom is -0.490 e. The number of carbonyl (C=O) groups excluding carboxylic acids is 2. The van der Waals surface area contributed by atoms with Crippen molar-refractivity contribution >= 4 is 11.8 Å². The van der Waals surface area contributed by atoms with Gasteiger partial charge in [0.15, 0.2) is 11.5 Å². The van der Waals surface area contributed by atoms with E-state index in [0.29, 0.717) is 50.6 Å². The van der Waals surface area contributed by atoms with Crippen molar-refractivity contribution < 1.29 is 19.1 Å². The molecule has 0 aromatic heterocycles. The standard InChI is InChI=1S/C32H40N2O4/c1-5-33-32(36)28(21-25-11-9-8-10-12-25)34(23-27-15-13-24(4)14-16-27)31(35)20-18-26-17-19-29(37-6-2)30(22-26)38-7-3/h8-17,19,22,28H,5-7,18,20-21,23H2,1-4H3,(H,33,36)/t28-/m1/s1. The lowest BCUT2D eigenvalue weighted by Gasteiger charge is -2.31. The normalized spacial score (nSPS) is 11.5. The second-order valence-corrected chi connectivity index (χ2v) is 9.25. The predicted octanol–water partition coefficient (Wildman–Crippen LogP) is 5.50. The molecule has 38 heavy (non-hydrogen) atoms. The Hall–Kier alpha value is -3.80. The molecule has 0 unspecified atom stereocenters. The molecule has 3 aromatic rings. The lowest BCUT2D eigenvalue weighted by Crippen LogP contribution is -2.50. The number of hydrogen-bond donors (Lipinski definition) is 1. The van der Waals surface area contributed by atoms with Gasteiger partial charge < -0.3 is 19.7 Å². The molecule has 0 saturated carbocycles. The number of nitrogens with zero attached hydrogens (tertiary/aromatic N) is 1. The molecule has 0 radical (unpaired) electrons. The van der Waals surface area contributed by atoms with Gasteiger partial charge in [0, 0.05) is 25.9 Å². The van der Waals surface area contributed by atoms with E-state index in [1.54, 1.807) is 4.90 Å². The van der Waals surface area contributed by atoms with E-state index in [2.05, 4.69) is 5.32 Å². The average molecular weight is 517 g/mol. The molecule has 0 bridgehead atoms. The van der Waals surface area contributed by atoms with Gasteiger partial charge in [0.05, 0.1) is 13.2 Å². The van der Waals surface area contributed by atoms with Gasteiger partial charge in [-0.15, -0.1) is 0 Å². The molecule has 6 heteroatoms. The Morgan fingerprint density at radius 1 is 0.816 bits per heavy atom. The SMILES string of the molecule is CCNC(=O)[C@@H](Cc1ccccc1)N(Cc1ccc(C)cc1)C(=O)CCc1ccc(OCC)c(OCC)c1. The fourth-order valence-corrected chi connectivity index (χ4v) is 4.38.